The highest BCUT2D eigenvalue weighted by Gasteiger charge is 2.03. The van der Waals surface area contributed by atoms with Crippen molar-refractivity contribution in [3.63, 3.8) is 0 Å². The van der Waals surface area contributed by atoms with Crippen LogP contribution in [0.3, 0.4) is 0 Å². The van der Waals surface area contributed by atoms with Gasteiger partial charge in [0.2, 0.25) is 0 Å². The molecule has 0 aliphatic heterocycles. The summed E-state index contributed by atoms with van der Waals surface area (Å²) in [5, 5.41) is 1.59. The van der Waals surface area contributed by atoms with Crippen LogP contribution in [0.2, 0.25) is 5.22 Å². The number of alkyl halides is 1. The minimum Gasteiger partial charge on any atom is -0.449 e. The summed E-state index contributed by atoms with van der Waals surface area (Å²) in [5.74, 6) is 3.88. The van der Waals surface area contributed by atoms with Gasteiger partial charge in [0.15, 0.2) is 5.22 Å². The number of hydrogen-bond acceptors (Lipinski definition) is 2. The molecule has 0 bridgehead atoms. The molecule has 0 spiro atoms. The zero-order valence-electron chi connectivity index (χ0n) is 8.84. The molecule has 1 heterocycles. The summed E-state index contributed by atoms with van der Waals surface area (Å²) >= 11 is 11.1. The van der Waals surface area contributed by atoms with Crippen LogP contribution in [0, 0.1) is 5.92 Å². The van der Waals surface area contributed by atoms with Crippen molar-refractivity contribution in [2.24, 2.45) is 5.92 Å². The molecule has 15 heavy (non-hydrogen) atoms. The van der Waals surface area contributed by atoms with Crippen LogP contribution in [-0.2, 0) is 5.75 Å². The molecule has 1 nitrogen and oxygen atoms in total. The summed E-state index contributed by atoms with van der Waals surface area (Å²) in [6, 6.07) is 3.74. The monoisotopic (exact) mass is 310 g/mol. The van der Waals surface area contributed by atoms with E-state index in [1.807, 2.05) is 17.8 Å². The molecule has 0 saturated heterocycles. The van der Waals surface area contributed by atoms with E-state index < -0.39 is 0 Å². The van der Waals surface area contributed by atoms with Crippen molar-refractivity contribution in [2.75, 3.05) is 11.1 Å². The van der Waals surface area contributed by atoms with Crippen LogP contribution < -0.4 is 0 Å². The van der Waals surface area contributed by atoms with Crippen molar-refractivity contribution in [1.29, 1.82) is 0 Å². The van der Waals surface area contributed by atoms with Gasteiger partial charge in [-0.3, -0.25) is 0 Å². The highest BCUT2D eigenvalue weighted by molar-refractivity contribution is 9.09. The Morgan fingerprint density at radius 1 is 1.47 bits per heavy atom. The number of thioether (sulfide) groups is 1. The molecule has 0 radical (unpaired) electrons. The summed E-state index contributed by atoms with van der Waals surface area (Å²) in [6.45, 7) is 2.30. The Kier molecular flexibility index (Phi) is 6.86. The van der Waals surface area contributed by atoms with Crippen molar-refractivity contribution in [1.82, 2.24) is 0 Å². The van der Waals surface area contributed by atoms with E-state index in [0.717, 1.165) is 22.8 Å². The third kappa shape index (κ3) is 5.88. The molecule has 86 valence electrons. The number of rotatable bonds is 7. The fourth-order valence-corrected chi connectivity index (χ4v) is 3.23. The van der Waals surface area contributed by atoms with Crippen LogP contribution in [0.15, 0.2) is 16.5 Å². The second-order valence-corrected chi connectivity index (χ2v) is 5.90. The third-order valence-electron chi connectivity index (χ3n) is 2.23. The summed E-state index contributed by atoms with van der Waals surface area (Å²) in [6.07, 6.45) is 2.53. The molecule has 0 aliphatic carbocycles. The van der Waals surface area contributed by atoms with Crippen LogP contribution in [0.4, 0.5) is 0 Å². The maximum absolute atomic E-state index is 5.68. The lowest BCUT2D eigenvalue weighted by atomic mass is 10.1. The van der Waals surface area contributed by atoms with Gasteiger partial charge in [0.25, 0.3) is 0 Å². The van der Waals surface area contributed by atoms with Gasteiger partial charge in [-0.2, -0.15) is 11.8 Å². The van der Waals surface area contributed by atoms with Gasteiger partial charge < -0.3 is 4.42 Å². The van der Waals surface area contributed by atoms with Crippen molar-refractivity contribution >= 4 is 39.3 Å². The predicted octanol–water partition coefficient (Wildman–Crippen LogP) is 4.98. The van der Waals surface area contributed by atoms with Crippen LogP contribution in [0.5, 0.6) is 0 Å². The maximum Gasteiger partial charge on any atom is 0.193 e. The molecule has 1 rings (SSSR count). The lowest BCUT2D eigenvalue weighted by molar-refractivity contribution is 0.531. The molecule has 1 aromatic heterocycles. The van der Waals surface area contributed by atoms with E-state index in [1.54, 1.807) is 6.07 Å². The average Bonchev–Trinajstić information content (AvgIpc) is 2.60. The minimum atomic E-state index is 0.484. The van der Waals surface area contributed by atoms with Crippen LogP contribution >= 0.6 is 39.3 Å². The van der Waals surface area contributed by atoms with E-state index >= 15 is 0 Å². The topological polar surface area (TPSA) is 13.1 Å². The Morgan fingerprint density at radius 2 is 2.27 bits per heavy atom. The molecule has 0 saturated carbocycles. The summed E-state index contributed by atoms with van der Waals surface area (Å²) in [4.78, 5) is 0. The summed E-state index contributed by atoms with van der Waals surface area (Å²) in [7, 11) is 0. The highest BCUT2D eigenvalue weighted by atomic mass is 79.9. The average molecular weight is 312 g/mol. The van der Waals surface area contributed by atoms with E-state index in [9.17, 15) is 0 Å². The van der Waals surface area contributed by atoms with E-state index in [1.165, 1.54) is 18.6 Å². The van der Waals surface area contributed by atoms with Crippen molar-refractivity contribution in [3.8, 4) is 0 Å². The van der Waals surface area contributed by atoms with Crippen molar-refractivity contribution < 1.29 is 4.42 Å². The van der Waals surface area contributed by atoms with Gasteiger partial charge in [-0.25, -0.2) is 0 Å². The SMILES string of the molecule is CC(CCBr)CCSCc1ccc(Cl)o1. The summed E-state index contributed by atoms with van der Waals surface area (Å²) in [5.41, 5.74) is 0. The van der Waals surface area contributed by atoms with Crippen LogP contribution in [0.25, 0.3) is 0 Å². The Hall–Kier alpha value is 0.400. The Bertz CT molecular complexity index is 277. The molecular weight excluding hydrogens is 296 g/mol. The zero-order chi connectivity index (χ0) is 11.1. The molecule has 4 heteroatoms. The quantitative estimate of drug-likeness (QED) is 0.520. The fraction of sp³-hybridized carbons (Fsp3) is 0.636. The minimum absolute atomic E-state index is 0.484. The number of halogens is 2. The van der Waals surface area contributed by atoms with Crippen LogP contribution in [0.1, 0.15) is 25.5 Å². The molecular formula is C11H16BrClOS. The van der Waals surface area contributed by atoms with E-state index in [4.69, 9.17) is 16.0 Å². The van der Waals surface area contributed by atoms with Gasteiger partial charge in [0.1, 0.15) is 5.76 Å². The normalized spacial score (nSPS) is 13.0. The van der Waals surface area contributed by atoms with Crippen molar-refractivity contribution in [3.05, 3.63) is 23.1 Å². The predicted molar refractivity (Wildman–Crippen MR) is 72.1 cm³/mol. The highest BCUT2D eigenvalue weighted by Crippen LogP contribution is 2.20. The van der Waals surface area contributed by atoms with Gasteiger partial charge in [0.05, 0.1) is 5.75 Å². The third-order valence-corrected chi connectivity index (χ3v) is 3.90. The van der Waals surface area contributed by atoms with E-state index in [2.05, 4.69) is 22.9 Å². The van der Waals surface area contributed by atoms with Gasteiger partial charge in [-0.1, -0.05) is 22.9 Å². The van der Waals surface area contributed by atoms with Gasteiger partial charge in [0, 0.05) is 5.33 Å². The first-order valence-corrected chi connectivity index (χ1v) is 7.75. The molecule has 0 fully saturated rings. The lowest BCUT2D eigenvalue weighted by Crippen LogP contribution is -1.97. The van der Waals surface area contributed by atoms with Crippen LogP contribution in [-0.4, -0.2) is 11.1 Å². The van der Waals surface area contributed by atoms with Gasteiger partial charge in [-0.15, -0.1) is 0 Å². The second kappa shape index (κ2) is 7.64. The molecule has 1 atom stereocenters. The summed E-state index contributed by atoms with van der Waals surface area (Å²) < 4.78 is 5.28. The fourth-order valence-electron chi connectivity index (χ4n) is 1.22. The molecule has 0 amide bonds. The first-order chi connectivity index (χ1) is 7.22. The number of furan rings is 1. The Labute approximate surface area is 109 Å². The maximum atomic E-state index is 5.68. The molecule has 0 aliphatic rings. The first-order valence-electron chi connectivity index (χ1n) is 5.10. The lowest BCUT2D eigenvalue weighted by Gasteiger charge is -2.07. The Morgan fingerprint density at radius 3 is 2.87 bits per heavy atom. The zero-order valence-corrected chi connectivity index (χ0v) is 12.0. The van der Waals surface area contributed by atoms with E-state index in [0.29, 0.717) is 5.22 Å². The Balaban J connectivity index is 2.06. The molecule has 0 N–H and O–H groups in total. The first kappa shape index (κ1) is 13.5. The molecule has 0 aromatic carbocycles. The standard InChI is InChI=1S/C11H16BrClOS/c1-9(4-6-12)5-7-15-8-10-2-3-11(13)14-10/h2-3,9H,4-8H2,1H3. The smallest absolute Gasteiger partial charge is 0.193 e. The van der Waals surface area contributed by atoms with Gasteiger partial charge in [-0.05, 0) is 48.2 Å². The van der Waals surface area contributed by atoms with Gasteiger partial charge >= 0.3 is 0 Å². The molecule has 1 aromatic rings. The molecule has 1 unspecified atom stereocenters. The van der Waals surface area contributed by atoms with Crippen molar-refractivity contribution in [2.45, 2.75) is 25.5 Å². The second-order valence-electron chi connectivity index (χ2n) is 3.63. The largest absolute Gasteiger partial charge is 0.449 e. The number of hydrogen-bond donors (Lipinski definition) is 0. The van der Waals surface area contributed by atoms with E-state index in [-0.39, 0.29) is 0 Å².